The highest BCUT2D eigenvalue weighted by atomic mass is 32.2. The second-order valence-corrected chi connectivity index (χ2v) is 20.3. The Morgan fingerprint density at radius 1 is 0.898 bits per heavy atom. The van der Waals surface area contributed by atoms with Gasteiger partial charge < -0.3 is 14.2 Å². The third-order valence-electron chi connectivity index (χ3n) is 10.3. The quantitative estimate of drug-likeness (QED) is 0.0406. The molecule has 4 aromatic rings. The number of pyridine rings is 1. The zero-order chi connectivity index (χ0) is 35.5. The second kappa shape index (κ2) is 15.7. The van der Waals surface area contributed by atoms with Crippen molar-refractivity contribution in [3.63, 3.8) is 0 Å². The Labute approximate surface area is 295 Å². The van der Waals surface area contributed by atoms with Crippen LogP contribution in [-0.2, 0) is 4.74 Å². The van der Waals surface area contributed by atoms with Crippen molar-refractivity contribution in [2.45, 2.75) is 108 Å². The van der Waals surface area contributed by atoms with Gasteiger partial charge in [-0.1, -0.05) is 91.0 Å². The number of hydrogen-bond donors (Lipinski definition) is 0. The molecule has 2 aromatic carbocycles. The number of aromatic nitrogens is 3. The Hall–Kier alpha value is -3.26. The van der Waals surface area contributed by atoms with Gasteiger partial charge >= 0.3 is 0 Å². The maximum Gasteiger partial charge on any atom is 0.225 e. The number of halogens is 2. The van der Waals surface area contributed by atoms with Crippen molar-refractivity contribution in [1.82, 2.24) is 15.0 Å². The smallest absolute Gasteiger partial charge is 0.225 e. The van der Waals surface area contributed by atoms with Crippen LogP contribution < -0.4 is 9.47 Å². The molecule has 0 aliphatic heterocycles. The molecule has 0 bridgehead atoms. The first kappa shape index (κ1) is 37.0. The lowest BCUT2D eigenvalue weighted by Gasteiger charge is -2.38. The zero-order valence-electron chi connectivity index (χ0n) is 30.3. The van der Waals surface area contributed by atoms with Crippen molar-refractivity contribution in [1.29, 1.82) is 0 Å². The molecule has 2 heterocycles. The van der Waals surface area contributed by atoms with E-state index >= 15 is 8.78 Å². The van der Waals surface area contributed by atoms with Gasteiger partial charge in [0, 0.05) is 24.0 Å². The SMILES string of the molecule is COCOc1cc(-c2nc(OC)c3c(C4CCCCCC4)nc(SC)nc3c2F)c2c(C#C[Si](C(C)C)(C(C)C)C(C)C)c(F)ccc2c1. The molecule has 1 fully saturated rings. The average molecular weight is 706 g/mol. The maximum absolute atomic E-state index is 17.2. The fourth-order valence-electron chi connectivity index (χ4n) is 7.95. The minimum atomic E-state index is -2.24. The van der Waals surface area contributed by atoms with Gasteiger partial charge in [-0.05, 0) is 59.3 Å². The van der Waals surface area contributed by atoms with Crippen LogP contribution in [0.5, 0.6) is 11.6 Å². The third kappa shape index (κ3) is 7.17. The predicted molar refractivity (Wildman–Crippen MR) is 199 cm³/mol. The number of methoxy groups -OCH3 is 2. The monoisotopic (exact) mass is 705 g/mol. The molecule has 0 unspecified atom stereocenters. The van der Waals surface area contributed by atoms with E-state index in [1.54, 1.807) is 18.2 Å². The van der Waals surface area contributed by atoms with Crippen molar-refractivity contribution < 1.29 is 23.0 Å². The number of nitrogens with zero attached hydrogens (tertiary/aromatic N) is 3. The van der Waals surface area contributed by atoms with Crippen molar-refractivity contribution in [3.8, 4) is 34.4 Å². The summed E-state index contributed by atoms with van der Waals surface area (Å²) in [5.74, 6) is 3.06. The topological polar surface area (TPSA) is 66.4 Å². The summed E-state index contributed by atoms with van der Waals surface area (Å²) in [6.45, 7) is 13.3. The van der Waals surface area contributed by atoms with Crippen LogP contribution in [0.3, 0.4) is 0 Å². The lowest BCUT2D eigenvalue weighted by Crippen LogP contribution is -2.43. The molecule has 1 aliphatic carbocycles. The van der Waals surface area contributed by atoms with Gasteiger partial charge in [-0.25, -0.2) is 23.7 Å². The lowest BCUT2D eigenvalue weighted by atomic mass is 9.92. The van der Waals surface area contributed by atoms with Crippen LogP contribution in [0.1, 0.15) is 97.2 Å². The predicted octanol–water partition coefficient (Wildman–Crippen LogP) is 10.8. The van der Waals surface area contributed by atoms with Crippen LogP contribution >= 0.6 is 11.8 Å². The molecule has 0 N–H and O–H groups in total. The molecule has 10 heteroatoms. The van der Waals surface area contributed by atoms with E-state index in [4.69, 9.17) is 29.2 Å². The van der Waals surface area contributed by atoms with E-state index in [1.807, 2.05) is 6.26 Å². The van der Waals surface area contributed by atoms with E-state index in [9.17, 15) is 0 Å². The van der Waals surface area contributed by atoms with E-state index in [2.05, 4.69) is 53.0 Å². The molecule has 2 aromatic heterocycles. The molecular formula is C39H49F2N3O3SSi. The molecule has 0 atom stereocenters. The molecule has 6 nitrogen and oxygen atoms in total. The largest absolute Gasteiger partial charge is 0.480 e. The molecule has 262 valence electrons. The minimum absolute atomic E-state index is 0.0106. The van der Waals surface area contributed by atoms with Crippen LogP contribution in [0.15, 0.2) is 29.4 Å². The standard InChI is InChI=1S/C39H49F2N3O3SSi/c1-23(2)49(24(3)4,25(5)6)19-18-29-31(40)17-16-27-20-28(47-22-45-7)21-30(32(27)29)36-34(41)37-33(38(42-36)46-8)35(43-39(44-37)48-9)26-14-12-10-11-13-15-26/h16-17,20-21,23-26H,10-15,22H2,1-9H3. The van der Waals surface area contributed by atoms with Crippen LogP contribution in [0.25, 0.3) is 32.9 Å². The Morgan fingerprint density at radius 3 is 2.16 bits per heavy atom. The first-order valence-corrected chi connectivity index (χ1v) is 20.8. The number of ether oxygens (including phenoxy) is 3. The van der Waals surface area contributed by atoms with E-state index in [0.717, 1.165) is 31.4 Å². The van der Waals surface area contributed by atoms with Gasteiger partial charge in [0.05, 0.1) is 23.8 Å². The van der Waals surface area contributed by atoms with Crippen LogP contribution in [-0.4, -0.2) is 50.3 Å². The lowest BCUT2D eigenvalue weighted by molar-refractivity contribution is 0.0512. The van der Waals surface area contributed by atoms with Gasteiger partial charge in [0.25, 0.3) is 0 Å². The third-order valence-corrected chi connectivity index (χ3v) is 17.1. The van der Waals surface area contributed by atoms with Gasteiger partial charge in [-0.3, -0.25) is 0 Å². The summed E-state index contributed by atoms with van der Waals surface area (Å²) in [7, 11) is 0.820. The van der Waals surface area contributed by atoms with Gasteiger partial charge in [0.15, 0.2) is 17.8 Å². The van der Waals surface area contributed by atoms with Gasteiger partial charge in [-0.15, -0.1) is 5.54 Å². The number of thioether (sulfide) groups is 1. The molecule has 0 saturated heterocycles. The Balaban J connectivity index is 1.87. The first-order chi connectivity index (χ1) is 23.5. The van der Waals surface area contributed by atoms with Crippen molar-refractivity contribution in [2.24, 2.45) is 0 Å². The van der Waals surface area contributed by atoms with Gasteiger partial charge in [0.1, 0.15) is 30.9 Å². The van der Waals surface area contributed by atoms with E-state index in [1.165, 1.54) is 44.9 Å². The molecule has 1 aliphatic rings. The van der Waals surface area contributed by atoms with Gasteiger partial charge in [0.2, 0.25) is 5.88 Å². The second-order valence-electron chi connectivity index (χ2n) is 14.0. The van der Waals surface area contributed by atoms with E-state index in [-0.39, 0.29) is 35.4 Å². The Morgan fingerprint density at radius 2 is 1.57 bits per heavy atom. The summed E-state index contributed by atoms with van der Waals surface area (Å²) in [5, 5.41) is 2.10. The molecule has 0 amide bonds. The maximum atomic E-state index is 17.2. The summed E-state index contributed by atoms with van der Waals surface area (Å²) < 4.78 is 50.3. The number of fused-ring (bicyclic) bond motifs is 2. The summed E-state index contributed by atoms with van der Waals surface area (Å²) >= 11 is 1.38. The summed E-state index contributed by atoms with van der Waals surface area (Å²) in [5.41, 5.74) is 6.20. The first-order valence-electron chi connectivity index (χ1n) is 17.4. The number of rotatable bonds is 10. The Kier molecular flexibility index (Phi) is 11.9. The van der Waals surface area contributed by atoms with Crippen LogP contribution in [0.4, 0.5) is 8.78 Å². The molecule has 49 heavy (non-hydrogen) atoms. The molecule has 1 saturated carbocycles. The van der Waals surface area contributed by atoms with Crippen LogP contribution in [0, 0.1) is 23.1 Å². The summed E-state index contributed by atoms with van der Waals surface area (Å²) in [6.07, 6.45) is 8.34. The summed E-state index contributed by atoms with van der Waals surface area (Å²) in [4.78, 5) is 14.4. The van der Waals surface area contributed by atoms with Crippen LogP contribution in [0.2, 0.25) is 16.6 Å². The fourth-order valence-corrected chi connectivity index (χ4v) is 13.5. The Bertz CT molecular complexity index is 1860. The fraction of sp³-hybridized carbons (Fsp3) is 0.513. The summed E-state index contributed by atoms with van der Waals surface area (Å²) in [6, 6.07) is 6.57. The van der Waals surface area contributed by atoms with Crippen molar-refractivity contribution >= 4 is 41.5 Å². The molecule has 5 rings (SSSR count). The highest BCUT2D eigenvalue weighted by molar-refractivity contribution is 7.98. The zero-order valence-corrected chi connectivity index (χ0v) is 32.1. The molecule has 0 radical (unpaired) electrons. The number of benzene rings is 2. The molecule has 0 spiro atoms. The van der Waals surface area contributed by atoms with Crippen molar-refractivity contribution in [3.05, 3.63) is 47.2 Å². The average Bonchev–Trinajstić information content (AvgIpc) is 3.37. The van der Waals surface area contributed by atoms with E-state index < -0.39 is 19.7 Å². The highest BCUT2D eigenvalue weighted by Gasteiger charge is 2.42. The molecular weight excluding hydrogens is 657 g/mol. The minimum Gasteiger partial charge on any atom is -0.480 e. The highest BCUT2D eigenvalue weighted by Crippen LogP contribution is 2.44. The van der Waals surface area contributed by atoms with E-state index in [0.29, 0.717) is 49.3 Å². The van der Waals surface area contributed by atoms with Gasteiger partial charge in [-0.2, -0.15) is 0 Å². The normalized spacial score (nSPS) is 14.5. The van der Waals surface area contributed by atoms with Crippen molar-refractivity contribution in [2.75, 3.05) is 27.3 Å². The number of hydrogen-bond acceptors (Lipinski definition) is 7.